The molecule has 0 aliphatic heterocycles. The van der Waals surface area contributed by atoms with Crippen molar-refractivity contribution in [2.45, 2.75) is 11.8 Å². The number of rotatable bonds is 6. The summed E-state index contributed by atoms with van der Waals surface area (Å²) in [5, 5.41) is 13.8. The second-order valence-corrected chi connectivity index (χ2v) is 6.45. The molecule has 0 saturated heterocycles. The summed E-state index contributed by atoms with van der Waals surface area (Å²) in [6.45, 7) is 1.41. The minimum Gasteiger partial charge on any atom is -0.452 e. The van der Waals surface area contributed by atoms with Gasteiger partial charge in [-0.1, -0.05) is 29.8 Å². The van der Waals surface area contributed by atoms with Gasteiger partial charge in [0, 0.05) is 21.7 Å². The van der Waals surface area contributed by atoms with E-state index in [2.05, 4.69) is 5.32 Å². The van der Waals surface area contributed by atoms with Gasteiger partial charge in [-0.2, -0.15) is 5.26 Å². The quantitative estimate of drug-likeness (QED) is 0.344. The van der Waals surface area contributed by atoms with E-state index in [4.69, 9.17) is 21.6 Å². The molecule has 0 atom stereocenters. The number of thioether (sulfide) groups is 1. The Bertz CT molecular complexity index is 891. The van der Waals surface area contributed by atoms with E-state index in [1.54, 1.807) is 42.5 Å². The number of hydrogen-bond donors (Lipinski definition) is 1. The Morgan fingerprint density at radius 2 is 2.08 bits per heavy atom. The molecule has 1 amide bonds. The molecule has 0 aromatic heterocycles. The summed E-state index contributed by atoms with van der Waals surface area (Å²) in [6, 6.07) is 12.3. The summed E-state index contributed by atoms with van der Waals surface area (Å²) >= 11 is 7.03. The number of esters is 1. The van der Waals surface area contributed by atoms with Crippen LogP contribution in [0, 0.1) is 17.6 Å². The Hall–Kier alpha value is -2.75. The van der Waals surface area contributed by atoms with Crippen LogP contribution < -0.4 is 5.32 Å². The molecule has 2 rings (SSSR count). The van der Waals surface area contributed by atoms with Crippen molar-refractivity contribution in [3.8, 4) is 5.40 Å². The molecule has 1 N–H and O–H groups in total. The summed E-state index contributed by atoms with van der Waals surface area (Å²) in [5.41, 5.74) is 2.09. The van der Waals surface area contributed by atoms with Crippen molar-refractivity contribution in [2.24, 2.45) is 0 Å². The van der Waals surface area contributed by atoms with Crippen molar-refractivity contribution in [1.29, 1.82) is 5.26 Å². The van der Waals surface area contributed by atoms with Gasteiger partial charge in [0.15, 0.2) is 6.61 Å². The highest BCUT2D eigenvalue weighted by molar-refractivity contribution is 8.03. The predicted octanol–water partition coefficient (Wildman–Crippen LogP) is 4.42. The lowest BCUT2D eigenvalue weighted by Crippen LogP contribution is -2.20. The number of hydrogen-bond acceptors (Lipinski definition) is 5. The summed E-state index contributed by atoms with van der Waals surface area (Å²) in [5.74, 6) is -1.09. The predicted molar refractivity (Wildman–Crippen MR) is 103 cm³/mol. The minimum atomic E-state index is -0.641. The van der Waals surface area contributed by atoms with Crippen molar-refractivity contribution < 1.29 is 14.3 Å². The molecule has 0 unspecified atom stereocenters. The van der Waals surface area contributed by atoms with Crippen LogP contribution in [-0.4, -0.2) is 18.5 Å². The molecular formula is C19H15ClN2O3S. The van der Waals surface area contributed by atoms with E-state index < -0.39 is 18.5 Å². The van der Waals surface area contributed by atoms with Crippen molar-refractivity contribution in [3.63, 3.8) is 0 Å². The number of ether oxygens (including phenoxy) is 1. The van der Waals surface area contributed by atoms with Gasteiger partial charge in [-0.25, -0.2) is 4.79 Å². The van der Waals surface area contributed by atoms with Crippen LogP contribution in [0.4, 0.5) is 5.69 Å². The molecule has 26 heavy (non-hydrogen) atoms. The standard InChI is InChI=1S/C19H15ClN2O3S/c1-13-10-15(26-12-21)7-8-17(13)22-18(23)11-25-19(24)9-6-14-4-2-3-5-16(14)20/h2-10H,11H2,1H3,(H,22,23)/b9-6+. The zero-order chi connectivity index (χ0) is 18.9. The summed E-state index contributed by atoms with van der Waals surface area (Å²) < 4.78 is 4.91. The number of nitriles is 1. The first-order valence-corrected chi connectivity index (χ1v) is 8.75. The molecule has 132 valence electrons. The molecule has 0 bridgehead atoms. The lowest BCUT2D eigenvalue weighted by molar-refractivity contribution is -0.142. The van der Waals surface area contributed by atoms with Gasteiger partial charge in [0.1, 0.15) is 5.40 Å². The Balaban J connectivity index is 1.86. The topological polar surface area (TPSA) is 79.2 Å². The molecule has 0 saturated carbocycles. The molecule has 5 nitrogen and oxygen atoms in total. The smallest absolute Gasteiger partial charge is 0.331 e. The molecule has 0 radical (unpaired) electrons. The van der Waals surface area contributed by atoms with Crippen LogP contribution >= 0.6 is 23.4 Å². The SMILES string of the molecule is Cc1cc(SC#N)ccc1NC(=O)COC(=O)/C=C/c1ccccc1Cl. The van der Waals surface area contributed by atoms with E-state index in [-0.39, 0.29) is 0 Å². The fourth-order valence-corrected chi connectivity index (χ4v) is 2.71. The van der Waals surface area contributed by atoms with Crippen LogP contribution in [0.15, 0.2) is 53.4 Å². The highest BCUT2D eigenvalue weighted by Crippen LogP contribution is 2.23. The zero-order valence-electron chi connectivity index (χ0n) is 13.9. The van der Waals surface area contributed by atoms with E-state index in [0.717, 1.165) is 22.2 Å². The average Bonchev–Trinajstić information content (AvgIpc) is 2.62. The summed E-state index contributed by atoms with van der Waals surface area (Å²) in [7, 11) is 0. The second-order valence-electron chi connectivity index (χ2n) is 5.18. The third kappa shape index (κ3) is 5.96. The molecular weight excluding hydrogens is 372 g/mol. The maximum absolute atomic E-state index is 11.9. The molecule has 0 fully saturated rings. The number of amides is 1. The number of nitrogens with zero attached hydrogens (tertiary/aromatic N) is 1. The Kier molecular flexibility index (Phi) is 7.27. The van der Waals surface area contributed by atoms with Crippen molar-refractivity contribution >= 4 is 47.0 Å². The van der Waals surface area contributed by atoms with Crippen molar-refractivity contribution in [1.82, 2.24) is 0 Å². The number of aryl methyl sites for hydroxylation is 1. The number of benzene rings is 2. The van der Waals surface area contributed by atoms with Crippen LogP contribution in [0.1, 0.15) is 11.1 Å². The van der Waals surface area contributed by atoms with Gasteiger partial charge in [-0.15, -0.1) is 0 Å². The zero-order valence-corrected chi connectivity index (χ0v) is 15.4. The molecule has 7 heteroatoms. The normalized spacial score (nSPS) is 10.3. The molecule has 0 aliphatic carbocycles. The fourth-order valence-electron chi connectivity index (χ4n) is 2.03. The first-order valence-electron chi connectivity index (χ1n) is 7.55. The first kappa shape index (κ1) is 19.6. The average molecular weight is 387 g/mol. The monoisotopic (exact) mass is 386 g/mol. The molecule has 0 heterocycles. The highest BCUT2D eigenvalue weighted by atomic mass is 35.5. The Morgan fingerprint density at radius 1 is 1.31 bits per heavy atom. The number of halogens is 1. The summed E-state index contributed by atoms with van der Waals surface area (Å²) in [6.07, 6.45) is 2.74. The molecule has 2 aromatic carbocycles. The fraction of sp³-hybridized carbons (Fsp3) is 0.105. The van der Waals surface area contributed by atoms with Gasteiger partial charge in [0.25, 0.3) is 5.91 Å². The van der Waals surface area contributed by atoms with Gasteiger partial charge < -0.3 is 10.1 Å². The minimum absolute atomic E-state index is 0.403. The van der Waals surface area contributed by atoms with Gasteiger partial charge in [0.05, 0.1) is 0 Å². The van der Waals surface area contributed by atoms with E-state index in [1.165, 1.54) is 12.2 Å². The number of anilines is 1. The highest BCUT2D eigenvalue weighted by Gasteiger charge is 2.08. The number of nitrogens with one attached hydrogen (secondary N) is 1. The number of thiocyanates is 1. The largest absolute Gasteiger partial charge is 0.452 e. The maximum atomic E-state index is 11.9. The number of carbonyl (C=O) groups excluding carboxylic acids is 2. The molecule has 2 aromatic rings. The lowest BCUT2D eigenvalue weighted by Gasteiger charge is -2.09. The van der Waals surface area contributed by atoms with Crippen LogP contribution in [0.25, 0.3) is 6.08 Å². The van der Waals surface area contributed by atoms with E-state index in [9.17, 15) is 9.59 Å². The van der Waals surface area contributed by atoms with E-state index >= 15 is 0 Å². The lowest BCUT2D eigenvalue weighted by atomic mass is 10.2. The first-order chi connectivity index (χ1) is 12.5. The van der Waals surface area contributed by atoms with Gasteiger partial charge in [-0.3, -0.25) is 4.79 Å². The Labute approximate surface area is 160 Å². The van der Waals surface area contributed by atoms with E-state index in [1.807, 2.05) is 12.3 Å². The maximum Gasteiger partial charge on any atom is 0.331 e. The van der Waals surface area contributed by atoms with Gasteiger partial charge in [-0.05, 0) is 60.2 Å². The van der Waals surface area contributed by atoms with Crippen LogP contribution in [0.5, 0.6) is 0 Å². The van der Waals surface area contributed by atoms with Crippen LogP contribution in [0.3, 0.4) is 0 Å². The summed E-state index contributed by atoms with van der Waals surface area (Å²) in [4.78, 5) is 24.4. The molecule has 0 aliphatic rings. The second kappa shape index (κ2) is 9.66. The Morgan fingerprint density at radius 3 is 2.77 bits per heavy atom. The van der Waals surface area contributed by atoms with Gasteiger partial charge >= 0.3 is 5.97 Å². The number of carbonyl (C=O) groups is 2. The third-order valence-corrected chi connectivity index (χ3v) is 4.21. The van der Waals surface area contributed by atoms with Crippen molar-refractivity contribution in [3.05, 3.63) is 64.7 Å². The van der Waals surface area contributed by atoms with Crippen LogP contribution in [-0.2, 0) is 14.3 Å². The molecule has 0 spiro atoms. The van der Waals surface area contributed by atoms with Gasteiger partial charge in [0.2, 0.25) is 0 Å². The van der Waals surface area contributed by atoms with E-state index in [0.29, 0.717) is 16.3 Å². The third-order valence-electron chi connectivity index (χ3n) is 3.29. The van der Waals surface area contributed by atoms with Crippen LogP contribution in [0.2, 0.25) is 5.02 Å². The van der Waals surface area contributed by atoms with Crippen molar-refractivity contribution in [2.75, 3.05) is 11.9 Å².